The SMILES string of the molecule is Cn1c(=O)c(C#N)c(-c2ccco2)n2c(SCC(=O)c3ccccc3)nnc12. The summed E-state index contributed by atoms with van der Waals surface area (Å²) < 4.78 is 8.25. The van der Waals surface area contributed by atoms with Crippen LogP contribution >= 0.6 is 11.8 Å². The van der Waals surface area contributed by atoms with Crippen molar-refractivity contribution < 1.29 is 9.21 Å². The van der Waals surface area contributed by atoms with Gasteiger partial charge in [-0.25, -0.2) is 0 Å². The van der Waals surface area contributed by atoms with Gasteiger partial charge in [0.15, 0.2) is 16.7 Å². The Labute approximate surface area is 163 Å². The van der Waals surface area contributed by atoms with E-state index in [-0.39, 0.29) is 28.6 Å². The third-order valence-corrected chi connectivity index (χ3v) is 5.12. The topological polar surface area (TPSA) is 106 Å². The predicted octanol–water partition coefficient (Wildman–Crippen LogP) is 2.53. The molecule has 0 spiro atoms. The summed E-state index contributed by atoms with van der Waals surface area (Å²) in [4.78, 5) is 25.0. The van der Waals surface area contributed by atoms with E-state index in [0.717, 1.165) is 0 Å². The van der Waals surface area contributed by atoms with Crippen LogP contribution in [0.4, 0.5) is 0 Å². The molecule has 138 valence electrons. The number of fused-ring (bicyclic) bond motifs is 1. The first-order valence-electron chi connectivity index (χ1n) is 8.25. The molecule has 9 heteroatoms. The van der Waals surface area contributed by atoms with Gasteiger partial charge in [-0.1, -0.05) is 42.1 Å². The van der Waals surface area contributed by atoms with Crippen LogP contribution in [-0.4, -0.2) is 30.7 Å². The smallest absolute Gasteiger partial charge is 0.273 e. The summed E-state index contributed by atoms with van der Waals surface area (Å²) in [5.74, 6) is 0.667. The number of ketones is 1. The zero-order chi connectivity index (χ0) is 19.7. The molecule has 0 saturated carbocycles. The Kier molecular flexibility index (Phi) is 4.55. The van der Waals surface area contributed by atoms with Crippen LogP contribution in [0.5, 0.6) is 0 Å². The molecule has 8 nitrogen and oxygen atoms in total. The van der Waals surface area contributed by atoms with Crippen LogP contribution in [0.15, 0.2) is 63.1 Å². The summed E-state index contributed by atoms with van der Waals surface area (Å²) in [7, 11) is 1.52. The lowest BCUT2D eigenvalue weighted by Crippen LogP contribution is -2.24. The van der Waals surface area contributed by atoms with Crippen molar-refractivity contribution in [3.8, 4) is 17.5 Å². The maximum Gasteiger partial charge on any atom is 0.273 e. The number of rotatable bonds is 5. The second-order valence-corrected chi connectivity index (χ2v) is 6.82. The van der Waals surface area contributed by atoms with Crippen LogP contribution < -0.4 is 5.56 Å². The molecule has 28 heavy (non-hydrogen) atoms. The first-order valence-corrected chi connectivity index (χ1v) is 9.23. The number of thioether (sulfide) groups is 1. The van der Waals surface area contributed by atoms with E-state index in [0.29, 0.717) is 16.5 Å². The van der Waals surface area contributed by atoms with Gasteiger partial charge in [0.25, 0.3) is 5.56 Å². The van der Waals surface area contributed by atoms with Crippen LogP contribution in [0, 0.1) is 11.3 Å². The number of aromatic nitrogens is 4. The minimum Gasteiger partial charge on any atom is -0.463 e. The highest BCUT2D eigenvalue weighted by Crippen LogP contribution is 2.27. The second-order valence-electron chi connectivity index (χ2n) is 5.87. The van der Waals surface area contributed by atoms with E-state index in [2.05, 4.69) is 10.2 Å². The fraction of sp³-hybridized carbons (Fsp3) is 0.105. The van der Waals surface area contributed by atoms with E-state index in [1.807, 2.05) is 12.1 Å². The van der Waals surface area contributed by atoms with Gasteiger partial charge in [-0.3, -0.25) is 18.6 Å². The van der Waals surface area contributed by atoms with Gasteiger partial charge < -0.3 is 4.42 Å². The van der Waals surface area contributed by atoms with Crippen molar-refractivity contribution in [3.63, 3.8) is 0 Å². The van der Waals surface area contributed by atoms with Crippen LogP contribution in [0.25, 0.3) is 17.2 Å². The van der Waals surface area contributed by atoms with Gasteiger partial charge in [-0.05, 0) is 12.1 Å². The molecular weight excluding hydrogens is 378 g/mol. The molecular formula is C19H13N5O3S. The van der Waals surface area contributed by atoms with Crippen LogP contribution in [0.1, 0.15) is 15.9 Å². The number of nitrogens with zero attached hydrogens (tertiary/aromatic N) is 5. The van der Waals surface area contributed by atoms with Gasteiger partial charge in [-0.15, -0.1) is 10.2 Å². The number of aryl methyl sites for hydroxylation is 1. The van der Waals surface area contributed by atoms with Gasteiger partial charge in [0.2, 0.25) is 5.78 Å². The minimum absolute atomic E-state index is 0.0628. The average molecular weight is 391 g/mol. The van der Waals surface area contributed by atoms with Gasteiger partial charge >= 0.3 is 0 Å². The Balaban J connectivity index is 1.83. The number of nitriles is 1. The standard InChI is InChI=1S/C19H13N5O3S/c1-23-17(26)13(10-20)16(15-8-5-9-27-15)24-18(23)21-22-19(24)28-11-14(25)12-6-3-2-4-7-12/h2-9H,11H2,1H3. The molecule has 0 amide bonds. The summed E-state index contributed by atoms with van der Waals surface area (Å²) in [6.45, 7) is 0. The molecule has 0 aliphatic rings. The fourth-order valence-corrected chi connectivity index (χ4v) is 3.65. The molecule has 3 heterocycles. The fourth-order valence-electron chi connectivity index (χ4n) is 2.83. The molecule has 0 aliphatic carbocycles. The lowest BCUT2D eigenvalue weighted by molar-refractivity contribution is 0.102. The molecule has 3 aromatic heterocycles. The van der Waals surface area contributed by atoms with Gasteiger partial charge in [0, 0.05) is 12.6 Å². The quantitative estimate of drug-likeness (QED) is 0.380. The number of furan rings is 1. The molecule has 1 aromatic carbocycles. The normalized spacial score (nSPS) is 10.9. The summed E-state index contributed by atoms with van der Waals surface area (Å²) in [6, 6.07) is 14.2. The van der Waals surface area contributed by atoms with E-state index < -0.39 is 5.56 Å². The van der Waals surface area contributed by atoms with E-state index >= 15 is 0 Å². The van der Waals surface area contributed by atoms with Gasteiger partial charge in [-0.2, -0.15) is 5.26 Å². The zero-order valence-electron chi connectivity index (χ0n) is 14.7. The highest BCUT2D eigenvalue weighted by molar-refractivity contribution is 7.99. The molecule has 0 unspecified atom stereocenters. The van der Waals surface area contributed by atoms with Crippen molar-refractivity contribution in [2.24, 2.45) is 7.05 Å². The average Bonchev–Trinajstić information content (AvgIpc) is 3.39. The Morgan fingerprint density at radius 1 is 1.21 bits per heavy atom. The van der Waals surface area contributed by atoms with Crippen molar-refractivity contribution in [2.75, 3.05) is 5.75 Å². The van der Waals surface area contributed by atoms with Crippen LogP contribution in [-0.2, 0) is 7.05 Å². The molecule has 4 rings (SSSR count). The van der Waals surface area contributed by atoms with Crippen LogP contribution in [0.2, 0.25) is 0 Å². The first-order chi connectivity index (χ1) is 13.6. The summed E-state index contributed by atoms with van der Waals surface area (Å²) in [5.41, 5.74) is 0.289. The number of carbonyl (C=O) groups is 1. The largest absolute Gasteiger partial charge is 0.463 e. The molecule has 0 atom stereocenters. The predicted molar refractivity (Wildman–Crippen MR) is 102 cm³/mol. The summed E-state index contributed by atoms with van der Waals surface area (Å²) in [5, 5.41) is 18.1. The Morgan fingerprint density at radius 2 is 2.00 bits per heavy atom. The number of Topliss-reactive ketones (excluding diaryl/α,β-unsaturated/α-hetero) is 1. The second kappa shape index (κ2) is 7.17. The molecule has 0 saturated heterocycles. The lowest BCUT2D eigenvalue weighted by Gasteiger charge is -2.09. The van der Waals surface area contributed by atoms with Crippen molar-refractivity contribution in [1.29, 1.82) is 5.26 Å². The van der Waals surface area contributed by atoms with Crippen molar-refractivity contribution in [2.45, 2.75) is 5.16 Å². The van der Waals surface area contributed by atoms with E-state index in [9.17, 15) is 14.9 Å². The number of carbonyl (C=O) groups excluding carboxylic acids is 1. The van der Waals surface area contributed by atoms with E-state index in [1.54, 1.807) is 40.8 Å². The lowest BCUT2D eigenvalue weighted by atomic mass is 10.2. The number of hydrogen-bond acceptors (Lipinski definition) is 7. The molecule has 0 radical (unpaired) electrons. The van der Waals surface area contributed by atoms with E-state index in [4.69, 9.17) is 4.42 Å². The highest BCUT2D eigenvalue weighted by Gasteiger charge is 2.23. The third kappa shape index (κ3) is 2.90. The monoisotopic (exact) mass is 391 g/mol. The van der Waals surface area contributed by atoms with Crippen molar-refractivity contribution in [1.82, 2.24) is 19.2 Å². The summed E-state index contributed by atoms with van der Waals surface area (Å²) >= 11 is 1.18. The van der Waals surface area contributed by atoms with Gasteiger partial charge in [0.05, 0.1) is 12.0 Å². The molecule has 0 bridgehead atoms. The Bertz CT molecular complexity index is 1270. The van der Waals surface area contributed by atoms with Crippen LogP contribution in [0.3, 0.4) is 0 Å². The Hall–Kier alpha value is -3.64. The molecule has 0 aliphatic heterocycles. The Morgan fingerprint density at radius 3 is 2.68 bits per heavy atom. The van der Waals surface area contributed by atoms with Gasteiger partial charge in [0.1, 0.15) is 17.3 Å². The summed E-state index contributed by atoms with van der Waals surface area (Å²) in [6.07, 6.45) is 1.45. The van der Waals surface area contributed by atoms with Crippen molar-refractivity contribution in [3.05, 3.63) is 70.2 Å². The zero-order valence-corrected chi connectivity index (χ0v) is 15.5. The first kappa shape index (κ1) is 17.8. The molecule has 4 aromatic rings. The van der Waals surface area contributed by atoms with E-state index in [1.165, 1.54) is 29.6 Å². The van der Waals surface area contributed by atoms with Crippen molar-refractivity contribution >= 4 is 23.3 Å². The molecule has 0 fully saturated rings. The molecule has 0 N–H and O–H groups in total. The number of hydrogen-bond donors (Lipinski definition) is 0. The maximum absolute atomic E-state index is 12.5. The maximum atomic E-state index is 12.5. The highest BCUT2D eigenvalue weighted by atomic mass is 32.2. The third-order valence-electron chi connectivity index (χ3n) is 4.19. The minimum atomic E-state index is -0.495. The number of benzene rings is 1.